The number of carbonyl (C=O) groups is 1. The van der Waals surface area contributed by atoms with Gasteiger partial charge in [0.15, 0.2) is 0 Å². The van der Waals surface area contributed by atoms with Gasteiger partial charge in [0.25, 0.3) is 5.91 Å². The van der Waals surface area contributed by atoms with E-state index in [9.17, 15) is 4.79 Å². The highest BCUT2D eigenvalue weighted by atomic mass is 35.5. The van der Waals surface area contributed by atoms with Gasteiger partial charge in [-0.2, -0.15) is 5.10 Å². The lowest BCUT2D eigenvalue weighted by atomic mass is 9.67. The summed E-state index contributed by atoms with van der Waals surface area (Å²) in [5, 5.41) is 7.67. The number of carbonyl (C=O) groups excluding carboxylic acids is 1. The monoisotopic (exact) mass is 374 g/mol. The highest BCUT2D eigenvalue weighted by molar-refractivity contribution is 5.94. The van der Waals surface area contributed by atoms with Crippen LogP contribution in [-0.2, 0) is 0 Å². The first-order valence-corrected chi connectivity index (χ1v) is 9.29. The number of aromatic nitrogens is 2. The van der Waals surface area contributed by atoms with Gasteiger partial charge in [0.2, 0.25) is 0 Å². The van der Waals surface area contributed by atoms with Crippen LogP contribution in [0.1, 0.15) is 48.0 Å². The molecule has 2 aliphatic carbocycles. The van der Waals surface area contributed by atoms with Crippen LogP contribution in [-0.4, -0.2) is 27.8 Å². The fourth-order valence-corrected chi connectivity index (χ4v) is 4.65. The third kappa shape index (κ3) is 3.64. The van der Waals surface area contributed by atoms with E-state index in [0.29, 0.717) is 23.4 Å². The lowest BCUT2D eigenvalue weighted by molar-refractivity contribution is 0.0756. The van der Waals surface area contributed by atoms with E-state index in [1.54, 1.807) is 10.9 Å². The maximum atomic E-state index is 12.8. The van der Waals surface area contributed by atoms with Crippen molar-refractivity contribution in [3.8, 4) is 5.69 Å². The Balaban J connectivity index is 0.00000196. The number of rotatable bonds is 3. The number of hydrogen-bond donors (Lipinski definition) is 2. The molecule has 0 radical (unpaired) electrons. The van der Waals surface area contributed by atoms with Crippen molar-refractivity contribution in [3.63, 3.8) is 0 Å². The van der Waals surface area contributed by atoms with Gasteiger partial charge < -0.3 is 11.1 Å². The van der Waals surface area contributed by atoms with Gasteiger partial charge in [0.1, 0.15) is 0 Å². The van der Waals surface area contributed by atoms with E-state index >= 15 is 0 Å². The number of halogens is 1. The average Bonchev–Trinajstić information content (AvgIpc) is 3.06. The zero-order chi connectivity index (χ0) is 17.4. The van der Waals surface area contributed by atoms with Gasteiger partial charge >= 0.3 is 0 Å². The van der Waals surface area contributed by atoms with Crippen molar-refractivity contribution >= 4 is 18.3 Å². The highest BCUT2D eigenvalue weighted by Crippen LogP contribution is 2.39. The number of nitrogens with zero attached hydrogens (tertiary/aromatic N) is 2. The van der Waals surface area contributed by atoms with Crippen LogP contribution >= 0.6 is 12.4 Å². The molecule has 0 aliphatic heterocycles. The summed E-state index contributed by atoms with van der Waals surface area (Å²) in [4.78, 5) is 12.8. The second-order valence-electron chi connectivity index (χ2n) is 7.64. The smallest absolute Gasteiger partial charge is 0.254 e. The third-order valence-corrected chi connectivity index (χ3v) is 5.88. The minimum atomic E-state index is -0.0165. The first kappa shape index (κ1) is 18.9. The van der Waals surface area contributed by atoms with E-state index in [2.05, 4.69) is 10.4 Å². The van der Waals surface area contributed by atoms with Crippen molar-refractivity contribution in [2.24, 2.45) is 17.6 Å². The Morgan fingerprint density at radius 2 is 1.92 bits per heavy atom. The molecule has 0 saturated heterocycles. The van der Waals surface area contributed by atoms with Gasteiger partial charge in [-0.3, -0.25) is 4.79 Å². The van der Waals surface area contributed by atoms with E-state index in [0.717, 1.165) is 24.1 Å². The standard InChI is InChI=1S/C20H26N4O.ClH/c1-13-5-2-3-8-18(13)24-12-16(11-22-24)20(25)23-19-14-6-4-7-15(19)10-17(21)9-14;/h2-3,5,8,11-12,14-15,17,19H,4,6-7,9-10,21H2,1H3,(H,23,25);1H. The van der Waals surface area contributed by atoms with Gasteiger partial charge in [0.05, 0.1) is 17.4 Å². The van der Waals surface area contributed by atoms with Gasteiger partial charge in [-0.05, 0) is 56.1 Å². The SMILES string of the molecule is Cc1ccccc1-n1cc(C(=O)NC2C3CCCC2CC(N)C3)cn1.Cl. The summed E-state index contributed by atoms with van der Waals surface area (Å²) in [6.45, 7) is 2.04. The van der Waals surface area contributed by atoms with Crippen LogP contribution in [0, 0.1) is 18.8 Å². The van der Waals surface area contributed by atoms with E-state index in [4.69, 9.17) is 5.73 Å². The highest BCUT2D eigenvalue weighted by Gasteiger charge is 2.40. The second kappa shape index (κ2) is 7.80. The normalized spacial score (nSPS) is 27.5. The first-order chi connectivity index (χ1) is 12.1. The largest absolute Gasteiger partial charge is 0.349 e. The molecule has 2 fully saturated rings. The molecule has 3 N–H and O–H groups in total. The molecule has 5 nitrogen and oxygen atoms in total. The molecule has 1 aromatic carbocycles. The van der Waals surface area contributed by atoms with Crippen molar-refractivity contribution in [1.82, 2.24) is 15.1 Å². The van der Waals surface area contributed by atoms with Crippen LogP contribution in [0.3, 0.4) is 0 Å². The topological polar surface area (TPSA) is 72.9 Å². The fraction of sp³-hybridized carbons (Fsp3) is 0.500. The van der Waals surface area contributed by atoms with E-state index < -0.39 is 0 Å². The van der Waals surface area contributed by atoms with Crippen LogP contribution in [0.4, 0.5) is 0 Å². The van der Waals surface area contributed by atoms with Crippen LogP contribution < -0.4 is 11.1 Å². The molecule has 1 amide bonds. The molecule has 2 saturated carbocycles. The Hall–Kier alpha value is -1.85. The molecule has 2 bridgehead atoms. The number of aryl methyl sites for hydroxylation is 1. The van der Waals surface area contributed by atoms with Crippen LogP contribution in [0.15, 0.2) is 36.7 Å². The van der Waals surface area contributed by atoms with Crippen molar-refractivity contribution in [2.45, 2.75) is 51.1 Å². The van der Waals surface area contributed by atoms with Crippen molar-refractivity contribution in [3.05, 3.63) is 47.8 Å². The predicted octanol–water partition coefficient (Wildman–Crippen LogP) is 3.24. The van der Waals surface area contributed by atoms with Gasteiger partial charge in [0, 0.05) is 18.3 Å². The molecule has 2 aliphatic rings. The fourth-order valence-electron chi connectivity index (χ4n) is 4.65. The molecule has 6 heteroatoms. The van der Waals surface area contributed by atoms with Gasteiger partial charge in [-0.25, -0.2) is 4.68 Å². The number of nitrogens with two attached hydrogens (primary N) is 1. The van der Waals surface area contributed by atoms with Crippen LogP contribution in [0.25, 0.3) is 5.69 Å². The molecular formula is C20H27ClN4O. The number of para-hydroxylation sites is 1. The average molecular weight is 375 g/mol. The summed E-state index contributed by atoms with van der Waals surface area (Å²) in [5.41, 5.74) is 8.94. The predicted molar refractivity (Wildman–Crippen MR) is 105 cm³/mol. The molecular weight excluding hydrogens is 348 g/mol. The van der Waals surface area contributed by atoms with Crippen molar-refractivity contribution in [2.75, 3.05) is 0 Å². The summed E-state index contributed by atoms with van der Waals surface area (Å²) in [5.74, 6) is 1.04. The summed E-state index contributed by atoms with van der Waals surface area (Å²) in [7, 11) is 0. The van der Waals surface area contributed by atoms with Crippen molar-refractivity contribution < 1.29 is 4.79 Å². The van der Waals surface area contributed by atoms with E-state index in [-0.39, 0.29) is 24.4 Å². The second-order valence-corrected chi connectivity index (χ2v) is 7.64. The zero-order valence-corrected chi connectivity index (χ0v) is 15.9. The minimum Gasteiger partial charge on any atom is -0.349 e. The van der Waals surface area contributed by atoms with Gasteiger partial charge in [-0.1, -0.05) is 24.6 Å². The molecule has 26 heavy (non-hydrogen) atoms. The molecule has 2 atom stereocenters. The molecule has 2 aromatic rings. The molecule has 1 heterocycles. The maximum Gasteiger partial charge on any atom is 0.254 e. The summed E-state index contributed by atoms with van der Waals surface area (Å²) in [6, 6.07) is 8.61. The van der Waals surface area contributed by atoms with Crippen molar-refractivity contribution in [1.29, 1.82) is 0 Å². The van der Waals surface area contributed by atoms with Crippen LogP contribution in [0.5, 0.6) is 0 Å². The zero-order valence-electron chi connectivity index (χ0n) is 15.1. The Morgan fingerprint density at radius 1 is 1.23 bits per heavy atom. The number of hydrogen-bond acceptors (Lipinski definition) is 3. The molecule has 2 unspecified atom stereocenters. The Kier molecular flexibility index (Phi) is 5.68. The number of benzene rings is 1. The third-order valence-electron chi connectivity index (χ3n) is 5.88. The van der Waals surface area contributed by atoms with Gasteiger partial charge in [-0.15, -0.1) is 12.4 Å². The first-order valence-electron chi connectivity index (χ1n) is 9.29. The van der Waals surface area contributed by atoms with E-state index in [1.807, 2.05) is 37.4 Å². The lowest BCUT2D eigenvalue weighted by Gasteiger charge is -2.45. The lowest BCUT2D eigenvalue weighted by Crippen LogP contribution is -2.53. The summed E-state index contributed by atoms with van der Waals surface area (Å²) in [6.07, 6.45) is 9.16. The molecule has 1 aromatic heterocycles. The Bertz CT molecular complexity index is 761. The summed E-state index contributed by atoms with van der Waals surface area (Å²) < 4.78 is 1.78. The molecule has 140 valence electrons. The Morgan fingerprint density at radius 3 is 2.62 bits per heavy atom. The Labute approximate surface area is 160 Å². The summed E-state index contributed by atoms with van der Waals surface area (Å²) >= 11 is 0. The molecule has 0 spiro atoms. The number of amides is 1. The number of fused-ring (bicyclic) bond motifs is 2. The number of nitrogens with one attached hydrogen (secondary N) is 1. The molecule has 4 rings (SSSR count). The maximum absolute atomic E-state index is 12.8. The quantitative estimate of drug-likeness (QED) is 0.866. The minimum absolute atomic E-state index is 0. The van der Waals surface area contributed by atoms with Crippen LogP contribution in [0.2, 0.25) is 0 Å². The van der Waals surface area contributed by atoms with E-state index in [1.165, 1.54) is 19.3 Å².